The Morgan fingerprint density at radius 1 is 0.903 bits per heavy atom. The summed E-state index contributed by atoms with van der Waals surface area (Å²) in [5.41, 5.74) is 2.32. The van der Waals surface area contributed by atoms with E-state index in [0.717, 1.165) is 57.8 Å². The zero-order valence-electron chi connectivity index (χ0n) is 19.2. The lowest BCUT2D eigenvalue weighted by Gasteiger charge is -2.30. The van der Waals surface area contributed by atoms with E-state index in [1.165, 1.54) is 6.08 Å². The van der Waals surface area contributed by atoms with Crippen molar-refractivity contribution in [1.82, 2.24) is 0 Å². The molecule has 0 bridgehead atoms. The van der Waals surface area contributed by atoms with E-state index in [1.54, 1.807) is 6.92 Å². The molecule has 2 aliphatic carbocycles. The highest BCUT2D eigenvalue weighted by Crippen LogP contribution is 2.42. The number of hydrogen-bond donors (Lipinski definition) is 0. The van der Waals surface area contributed by atoms with Gasteiger partial charge in [-0.15, -0.1) is 0 Å². The first-order valence-electron chi connectivity index (χ1n) is 11.9. The Balaban J connectivity index is 1.55. The van der Waals surface area contributed by atoms with Crippen molar-refractivity contribution in [2.75, 3.05) is 0 Å². The van der Waals surface area contributed by atoms with Crippen molar-refractivity contribution in [2.24, 2.45) is 11.8 Å². The molecule has 2 fully saturated rings. The number of allylic oxidation sites excluding steroid dienone is 4. The molecule has 3 heteroatoms. The molecule has 0 N–H and O–H groups in total. The van der Waals surface area contributed by atoms with Crippen LogP contribution in [-0.2, 0) is 0 Å². The van der Waals surface area contributed by atoms with Gasteiger partial charge in [0, 0.05) is 0 Å². The van der Waals surface area contributed by atoms with E-state index < -0.39 is 11.6 Å². The molecular weight excluding hydrogens is 393 g/mol. The fraction of sp³-hybridized carbons (Fsp3) is 0.571. The smallest absolute Gasteiger partial charge is 0.162 e. The maximum atomic E-state index is 15.0. The van der Waals surface area contributed by atoms with Gasteiger partial charge in [-0.2, -0.15) is 0 Å². The normalized spacial score (nSPS) is 27.2. The first kappa shape index (κ1) is 23.9. The van der Waals surface area contributed by atoms with Gasteiger partial charge in [-0.25, -0.2) is 13.2 Å². The van der Waals surface area contributed by atoms with Gasteiger partial charge >= 0.3 is 0 Å². The lowest BCUT2D eigenvalue weighted by Crippen LogP contribution is -2.17. The average Bonchev–Trinajstić information content (AvgIpc) is 2.74. The summed E-state index contributed by atoms with van der Waals surface area (Å²) in [5.74, 6) is -0.116. The summed E-state index contributed by atoms with van der Waals surface area (Å²) in [4.78, 5) is 0. The largest absolute Gasteiger partial charge is 0.207 e. The van der Waals surface area contributed by atoms with Gasteiger partial charge in [0.25, 0.3) is 0 Å². The Morgan fingerprint density at radius 2 is 1.39 bits per heavy atom. The van der Waals surface area contributed by atoms with Crippen LogP contribution >= 0.6 is 0 Å². The highest BCUT2D eigenvalue weighted by Gasteiger charge is 2.29. The van der Waals surface area contributed by atoms with Crippen molar-refractivity contribution >= 4 is 0 Å². The fourth-order valence-corrected chi connectivity index (χ4v) is 5.36. The van der Waals surface area contributed by atoms with Crippen molar-refractivity contribution in [1.29, 1.82) is 0 Å². The van der Waals surface area contributed by atoms with Crippen molar-refractivity contribution in [2.45, 2.75) is 89.9 Å². The van der Waals surface area contributed by atoms with Gasteiger partial charge in [0.1, 0.15) is 5.83 Å². The molecule has 31 heavy (non-hydrogen) atoms. The minimum Gasteiger partial charge on any atom is -0.207 e. The van der Waals surface area contributed by atoms with Gasteiger partial charge in [-0.05, 0) is 105 Å². The fourth-order valence-electron chi connectivity index (χ4n) is 5.36. The molecule has 0 spiro atoms. The summed E-state index contributed by atoms with van der Waals surface area (Å²) in [6, 6.07) is 3.69. The maximum Gasteiger partial charge on any atom is 0.162 e. The van der Waals surface area contributed by atoms with Gasteiger partial charge in [0.15, 0.2) is 11.6 Å². The van der Waals surface area contributed by atoms with E-state index in [0.29, 0.717) is 40.5 Å². The predicted octanol–water partition coefficient (Wildman–Crippen LogP) is 9.30. The third kappa shape index (κ3) is 6.14. The maximum absolute atomic E-state index is 15.0. The van der Waals surface area contributed by atoms with Crippen LogP contribution in [0.15, 0.2) is 48.3 Å². The Hall–Kier alpha value is -1.77. The topological polar surface area (TPSA) is 0 Å². The molecule has 170 valence electrons. The number of rotatable bonds is 7. The molecule has 0 amide bonds. The van der Waals surface area contributed by atoms with Crippen LogP contribution in [0.4, 0.5) is 13.2 Å². The quantitative estimate of drug-likeness (QED) is 0.378. The molecule has 0 radical (unpaired) electrons. The molecule has 2 saturated carbocycles. The van der Waals surface area contributed by atoms with E-state index >= 15 is 0 Å². The second kappa shape index (κ2) is 10.7. The third-order valence-corrected chi connectivity index (χ3v) is 7.45. The lowest BCUT2D eigenvalue weighted by molar-refractivity contribution is 0.303. The molecule has 0 unspecified atom stereocenters. The number of halogens is 3. The molecule has 0 aliphatic heterocycles. The highest BCUT2D eigenvalue weighted by molar-refractivity contribution is 5.32. The zero-order valence-corrected chi connectivity index (χ0v) is 19.2. The van der Waals surface area contributed by atoms with E-state index in [1.807, 2.05) is 12.1 Å². The van der Waals surface area contributed by atoms with Crippen molar-refractivity contribution < 1.29 is 13.2 Å². The van der Waals surface area contributed by atoms with Gasteiger partial charge in [-0.3, -0.25) is 0 Å². The molecule has 2 aliphatic rings. The average molecular weight is 431 g/mol. The second-order valence-corrected chi connectivity index (χ2v) is 10.0. The highest BCUT2D eigenvalue weighted by atomic mass is 19.2. The zero-order chi connectivity index (χ0) is 22.5. The van der Waals surface area contributed by atoms with Crippen LogP contribution in [0.5, 0.6) is 0 Å². The molecular formula is C28H37F3. The Kier molecular flexibility index (Phi) is 8.24. The van der Waals surface area contributed by atoms with Crippen molar-refractivity contribution in [3.8, 4) is 0 Å². The third-order valence-electron chi connectivity index (χ3n) is 7.45. The summed E-state index contributed by atoms with van der Waals surface area (Å²) in [6.07, 6.45) is 10.7. The van der Waals surface area contributed by atoms with E-state index in [2.05, 4.69) is 20.1 Å². The van der Waals surface area contributed by atoms with Gasteiger partial charge in [-0.1, -0.05) is 50.6 Å². The molecule has 0 saturated heterocycles. The van der Waals surface area contributed by atoms with Crippen LogP contribution < -0.4 is 0 Å². The number of benzene rings is 1. The molecule has 0 heterocycles. The van der Waals surface area contributed by atoms with Crippen LogP contribution in [0, 0.1) is 23.5 Å². The van der Waals surface area contributed by atoms with Crippen molar-refractivity contribution in [3.63, 3.8) is 0 Å². The minimum absolute atomic E-state index is 0.0782. The molecule has 1 aromatic carbocycles. The van der Waals surface area contributed by atoms with Crippen LogP contribution in [-0.4, -0.2) is 0 Å². The molecule has 3 rings (SSSR count). The van der Waals surface area contributed by atoms with E-state index in [9.17, 15) is 13.2 Å². The number of hydrogen-bond acceptors (Lipinski definition) is 0. The van der Waals surface area contributed by atoms with Crippen LogP contribution in [0.3, 0.4) is 0 Å². The first-order chi connectivity index (χ1) is 14.8. The summed E-state index contributed by atoms with van der Waals surface area (Å²) < 4.78 is 43.9. The van der Waals surface area contributed by atoms with E-state index in [4.69, 9.17) is 0 Å². The van der Waals surface area contributed by atoms with Gasteiger partial charge in [0.05, 0.1) is 0 Å². The van der Waals surface area contributed by atoms with Gasteiger partial charge < -0.3 is 0 Å². The Morgan fingerprint density at radius 3 is 1.87 bits per heavy atom. The first-order valence-corrected chi connectivity index (χ1v) is 11.9. The monoisotopic (exact) mass is 430 g/mol. The second-order valence-electron chi connectivity index (χ2n) is 10.0. The molecule has 0 aromatic heterocycles. The Bertz CT molecular complexity index is 819. The Labute approximate surface area is 186 Å². The summed E-state index contributed by atoms with van der Waals surface area (Å²) in [5, 5.41) is 0. The van der Waals surface area contributed by atoms with Crippen molar-refractivity contribution in [3.05, 3.63) is 71.1 Å². The SMILES string of the molecule is C=C(C)/C=C(/F)C(=C)CCC1CCC(c2ccc(C3CCC(C)CC3)c(F)c2F)CC1. The molecule has 0 nitrogen and oxygen atoms in total. The van der Waals surface area contributed by atoms with E-state index in [-0.39, 0.29) is 17.7 Å². The molecule has 0 atom stereocenters. The summed E-state index contributed by atoms with van der Waals surface area (Å²) >= 11 is 0. The lowest BCUT2D eigenvalue weighted by atomic mass is 9.75. The minimum atomic E-state index is -0.625. The summed E-state index contributed by atoms with van der Waals surface area (Å²) in [6.45, 7) is 11.5. The van der Waals surface area contributed by atoms with Crippen LogP contribution in [0.2, 0.25) is 0 Å². The van der Waals surface area contributed by atoms with Crippen LogP contribution in [0.1, 0.15) is 101 Å². The molecule has 1 aromatic rings. The van der Waals surface area contributed by atoms with Crippen LogP contribution in [0.25, 0.3) is 0 Å². The summed E-state index contributed by atoms with van der Waals surface area (Å²) in [7, 11) is 0. The van der Waals surface area contributed by atoms with Gasteiger partial charge in [0.2, 0.25) is 0 Å². The predicted molar refractivity (Wildman–Crippen MR) is 124 cm³/mol. The standard InChI is InChI=1S/C28H37F3/c1-18(2)17-26(29)20(4)7-8-21-9-13-23(14-10-21)25-16-15-24(27(30)28(25)31)22-11-5-19(3)6-12-22/h15-17,19,21-23H,1,4-14H2,2-3H3/b26-17+.